The van der Waals surface area contributed by atoms with E-state index in [1.165, 1.54) is 34.2 Å². The van der Waals surface area contributed by atoms with Gasteiger partial charge in [0.25, 0.3) is 5.91 Å². The molecule has 2 fully saturated rings. The topological polar surface area (TPSA) is 122 Å². The summed E-state index contributed by atoms with van der Waals surface area (Å²) in [4.78, 5) is 40.4. The Kier molecular flexibility index (Phi) is 10.1. The third-order valence-electron chi connectivity index (χ3n) is 7.37. The van der Waals surface area contributed by atoms with Crippen LogP contribution in [-0.4, -0.2) is 62.1 Å². The number of sulfonamides is 1. The average molecular weight is 576 g/mol. The summed E-state index contributed by atoms with van der Waals surface area (Å²) in [5.41, 5.74) is 0. The van der Waals surface area contributed by atoms with E-state index in [2.05, 4.69) is 10.6 Å². The summed E-state index contributed by atoms with van der Waals surface area (Å²) in [5.74, 6) is -0.366. The van der Waals surface area contributed by atoms with Gasteiger partial charge < -0.3 is 15.4 Å². The van der Waals surface area contributed by atoms with Crippen molar-refractivity contribution in [2.24, 2.45) is 5.92 Å². The maximum Gasteiger partial charge on any atom is 0.265 e. The number of ketones is 1. The molecule has 2 aliphatic rings. The summed E-state index contributed by atoms with van der Waals surface area (Å²) in [6.07, 6.45) is 6.60. The second kappa shape index (κ2) is 13.5. The molecule has 2 amide bonds. The van der Waals surface area contributed by atoms with Crippen LogP contribution in [0.15, 0.2) is 46.7 Å². The summed E-state index contributed by atoms with van der Waals surface area (Å²) < 4.78 is 32.9. The Balaban J connectivity index is 1.45. The zero-order valence-electron chi connectivity index (χ0n) is 22.3. The molecule has 2 N–H and O–H groups in total. The molecule has 1 aliphatic heterocycles. The zero-order chi connectivity index (χ0) is 27.8. The van der Waals surface area contributed by atoms with Crippen molar-refractivity contribution in [2.75, 3.05) is 19.7 Å². The molecule has 2 heterocycles. The molecule has 0 spiro atoms. The molecule has 4 rings (SSSR count). The van der Waals surface area contributed by atoms with Gasteiger partial charge in [0.1, 0.15) is 16.7 Å². The largest absolute Gasteiger partial charge is 0.492 e. The number of rotatable bonds is 10. The molecule has 11 heteroatoms. The molecule has 2 aromatic rings. The van der Waals surface area contributed by atoms with Crippen LogP contribution in [0.25, 0.3) is 0 Å². The van der Waals surface area contributed by atoms with Gasteiger partial charge in [-0.05, 0) is 55.7 Å². The fourth-order valence-electron chi connectivity index (χ4n) is 5.31. The minimum absolute atomic E-state index is 0.135. The first-order chi connectivity index (χ1) is 18.8. The molecule has 1 saturated carbocycles. The van der Waals surface area contributed by atoms with Crippen molar-refractivity contribution in [1.82, 2.24) is 14.9 Å². The highest BCUT2D eigenvalue weighted by Crippen LogP contribution is 2.29. The van der Waals surface area contributed by atoms with Crippen molar-refractivity contribution in [3.8, 4) is 5.75 Å². The van der Waals surface area contributed by atoms with Gasteiger partial charge in [-0.3, -0.25) is 14.4 Å². The van der Waals surface area contributed by atoms with Crippen LogP contribution >= 0.6 is 11.3 Å². The maximum absolute atomic E-state index is 13.5. The lowest BCUT2D eigenvalue weighted by Gasteiger charge is -2.28. The summed E-state index contributed by atoms with van der Waals surface area (Å²) in [7, 11) is -3.82. The van der Waals surface area contributed by atoms with Crippen molar-refractivity contribution in [3.05, 3.63) is 46.7 Å². The van der Waals surface area contributed by atoms with Crippen LogP contribution in [0, 0.1) is 5.92 Å². The zero-order valence-corrected chi connectivity index (χ0v) is 23.9. The van der Waals surface area contributed by atoms with Gasteiger partial charge in [-0.1, -0.05) is 50.3 Å². The number of nitrogens with one attached hydrogen (secondary N) is 2. The van der Waals surface area contributed by atoms with E-state index < -0.39 is 28.0 Å². The Bertz CT molecular complexity index is 1240. The first-order valence-electron chi connectivity index (χ1n) is 13.7. The monoisotopic (exact) mass is 575 g/mol. The molecule has 1 unspecified atom stereocenters. The molecule has 2 atom stereocenters. The highest BCUT2D eigenvalue weighted by Gasteiger charge is 2.35. The average Bonchev–Trinajstić information content (AvgIpc) is 3.32. The number of carbonyl (C=O) groups is 3. The minimum atomic E-state index is -3.82. The Hall–Kier alpha value is -2.76. The van der Waals surface area contributed by atoms with Crippen molar-refractivity contribution in [1.29, 1.82) is 0 Å². The van der Waals surface area contributed by atoms with Gasteiger partial charge in [-0.2, -0.15) is 4.31 Å². The molecule has 0 bridgehead atoms. The van der Waals surface area contributed by atoms with Crippen molar-refractivity contribution < 1.29 is 27.5 Å². The number of amides is 2. The summed E-state index contributed by atoms with van der Waals surface area (Å²) in [6, 6.07) is 8.14. The lowest BCUT2D eigenvalue weighted by atomic mass is 9.84. The number of thiophene rings is 1. The normalized spacial score (nSPS) is 20.1. The van der Waals surface area contributed by atoms with Crippen LogP contribution in [-0.2, 0) is 19.6 Å². The number of carbonyl (C=O) groups excluding carboxylic acids is 3. The molecule has 9 nitrogen and oxygen atoms in total. The summed E-state index contributed by atoms with van der Waals surface area (Å²) in [5, 5.41) is 7.52. The molecule has 0 radical (unpaired) electrons. The summed E-state index contributed by atoms with van der Waals surface area (Å²) >= 11 is 1.25. The fraction of sp³-hybridized carbons (Fsp3) is 0.536. The Morgan fingerprint density at radius 1 is 1.08 bits per heavy atom. The van der Waals surface area contributed by atoms with Gasteiger partial charge >= 0.3 is 0 Å². The number of benzene rings is 1. The van der Waals surface area contributed by atoms with Crippen LogP contribution in [0.4, 0.5) is 0 Å². The van der Waals surface area contributed by atoms with E-state index in [0.29, 0.717) is 42.4 Å². The van der Waals surface area contributed by atoms with E-state index in [1.54, 1.807) is 29.6 Å². The number of nitrogens with zero attached hydrogens (tertiary/aromatic N) is 1. The number of hydrogen-bond acceptors (Lipinski definition) is 7. The van der Waals surface area contributed by atoms with E-state index in [9.17, 15) is 22.8 Å². The predicted octanol–water partition coefficient (Wildman–Crippen LogP) is 3.75. The van der Waals surface area contributed by atoms with E-state index in [1.807, 2.05) is 6.92 Å². The molecule has 39 heavy (non-hydrogen) atoms. The van der Waals surface area contributed by atoms with Crippen LogP contribution in [0.5, 0.6) is 5.75 Å². The third kappa shape index (κ3) is 7.46. The molecular weight excluding hydrogens is 538 g/mol. The number of hydrogen-bond donors (Lipinski definition) is 2. The van der Waals surface area contributed by atoms with Gasteiger partial charge in [0, 0.05) is 6.54 Å². The number of ether oxygens (including phenoxy) is 1. The van der Waals surface area contributed by atoms with Gasteiger partial charge in [0.05, 0.1) is 24.1 Å². The molecule has 212 valence electrons. The SMILES string of the molecule is CCOc1ccsc1C(=O)N[C@@H](CC1CCCCC1)C(=O)NC1CCCN(S(=O)(=O)c2ccccc2)CC1=O. The van der Waals surface area contributed by atoms with Gasteiger partial charge in [-0.25, -0.2) is 8.42 Å². The van der Waals surface area contributed by atoms with Gasteiger partial charge in [0.2, 0.25) is 15.9 Å². The minimum Gasteiger partial charge on any atom is -0.492 e. The van der Waals surface area contributed by atoms with Crippen LogP contribution < -0.4 is 15.4 Å². The van der Waals surface area contributed by atoms with Gasteiger partial charge in [-0.15, -0.1) is 11.3 Å². The second-order valence-electron chi connectivity index (χ2n) is 10.1. The molecule has 1 aromatic heterocycles. The highest BCUT2D eigenvalue weighted by molar-refractivity contribution is 7.89. The Morgan fingerprint density at radius 3 is 2.54 bits per heavy atom. The lowest BCUT2D eigenvalue weighted by Crippen LogP contribution is -2.53. The second-order valence-corrected chi connectivity index (χ2v) is 13.0. The van der Waals surface area contributed by atoms with Crippen LogP contribution in [0.1, 0.15) is 68.0 Å². The standard InChI is InChI=1S/C28H37N3O6S2/c1-2-37-25-15-17-38-26(25)28(34)30-23(18-20-10-5-3-6-11-20)27(33)29-22-14-9-16-31(19-24(22)32)39(35,36)21-12-7-4-8-13-21/h4,7-8,12-13,15,17,20,22-23H,2-3,5-6,9-11,14,16,18-19H2,1H3,(H,29,33)(H,30,34)/t22?,23-/m0/s1. The highest BCUT2D eigenvalue weighted by atomic mass is 32.2. The molecule has 1 saturated heterocycles. The van der Waals surface area contributed by atoms with Gasteiger partial charge in [0.15, 0.2) is 5.78 Å². The molecular formula is C28H37N3O6S2. The Labute approximate surface area is 234 Å². The van der Waals surface area contributed by atoms with Crippen molar-refractivity contribution >= 4 is 39.0 Å². The third-order valence-corrected chi connectivity index (χ3v) is 10.1. The Morgan fingerprint density at radius 2 is 1.82 bits per heavy atom. The summed E-state index contributed by atoms with van der Waals surface area (Å²) in [6.45, 7) is 2.14. The maximum atomic E-state index is 13.5. The smallest absolute Gasteiger partial charge is 0.265 e. The first-order valence-corrected chi connectivity index (χ1v) is 16.0. The van der Waals surface area contributed by atoms with E-state index in [4.69, 9.17) is 4.74 Å². The predicted molar refractivity (Wildman–Crippen MR) is 149 cm³/mol. The lowest BCUT2D eigenvalue weighted by molar-refractivity contribution is -0.129. The number of Topliss-reactive ketones (excluding diaryl/α,β-unsaturated/α-hetero) is 1. The molecule has 1 aliphatic carbocycles. The van der Waals surface area contributed by atoms with E-state index in [-0.39, 0.29) is 29.7 Å². The van der Waals surface area contributed by atoms with Crippen LogP contribution in [0.3, 0.4) is 0 Å². The quantitative estimate of drug-likeness (QED) is 0.445. The van der Waals surface area contributed by atoms with E-state index >= 15 is 0 Å². The fourth-order valence-corrected chi connectivity index (χ4v) is 7.51. The van der Waals surface area contributed by atoms with Crippen LogP contribution in [0.2, 0.25) is 0 Å². The van der Waals surface area contributed by atoms with Crippen molar-refractivity contribution in [3.63, 3.8) is 0 Å². The first kappa shape index (κ1) is 29.2. The van der Waals surface area contributed by atoms with Crippen molar-refractivity contribution in [2.45, 2.75) is 75.3 Å². The van der Waals surface area contributed by atoms with E-state index in [0.717, 1.165) is 25.7 Å². The molecule has 1 aromatic carbocycles.